The first-order chi connectivity index (χ1) is 13.1. The molecule has 9 heteroatoms. The molecule has 2 aromatic rings. The third-order valence-electron chi connectivity index (χ3n) is 4.37. The molecule has 0 saturated heterocycles. The molecule has 150 valence electrons. The normalized spacial score (nSPS) is 12.3. The molecular weight excluding hydrogens is 382 g/mol. The van der Waals surface area contributed by atoms with Crippen molar-refractivity contribution in [2.75, 3.05) is 15.9 Å². The maximum Gasteiger partial charge on any atom is 0.271 e. The number of carbonyl (C=O) groups is 1. The summed E-state index contributed by atoms with van der Waals surface area (Å²) in [6.45, 7) is 5.26. The molecule has 0 aliphatic rings. The van der Waals surface area contributed by atoms with Gasteiger partial charge in [0.25, 0.3) is 5.69 Å². The fourth-order valence-corrected chi connectivity index (χ4v) is 4.15. The summed E-state index contributed by atoms with van der Waals surface area (Å²) >= 11 is 0. The van der Waals surface area contributed by atoms with Gasteiger partial charge in [-0.15, -0.1) is 0 Å². The highest BCUT2D eigenvalue weighted by molar-refractivity contribution is 7.92. The number of aryl methyl sites for hydroxylation is 2. The number of carbonyl (C=O) groups excluding carboxylic acids is 1. The predicted octanol–water partition coefficient (Wildman–Crippen LogP) is 3.26. The lowest BCUT2D eigenvalue weighted by Gasteiger charge is -2.28. The van der Waals surface area contributed by atoms with E-state index in [1.54, 1.807) is 0 Å². The van der Waals surface area contributed by atoms with Gasteiger partial charge in [-0.1, -0.05) is 31.2 Å². The molecule has 0 aliphatic carbocycles. The maximum atomic E-state index is 12.9. The summed E-state index contributed by atoms with van der Waals surface area (Å²) in [5, 5.41) is 13.8. The van der Waals surface area contributed by atoms with Crippen LogP contribution in [0.25, 0.3) is 0 Å². The Labute approximate surface area is 164 Å². The molecule has 0 spiro atoms. The highest BCUT2D eigenvalue weighted by Gasteiger charge is 2.30. The summed E-state index contributed by atoms with van der Waals surface area (Å²) in [5.74, 6) is -0.527. The van der Waals surface area contributed by atoms with Crippen LogP contribution in [0.1, 0.15) is 25.0 Å². The van der Waals surface area contributed by atoms with Crippen LogP contribution in [-0.4, -0.2) is 31.5 Å². The number of sulfonamides is 1. The molecule has 2 rings (SSSR count). The topological polar surface area (TPSA) is 110 Å². The van der Waals surface area contributed by atoms with Crippen LogP contribution in [0.3, 0.4) is 0 Å². The molecule has 8 nitrogen and oxygen atoms in total. The van der Waals surface area contributed by atoms with Crippen molar-refractivity contribution in [2.45, 2.75) is 33.2 Å². The predicted molar refractivity (Wildman–Crippen MR) is 109 cm³/mol. The summed E-state index contributed by atoms with van der Waals surface area (Å²) in [6, 6.07) is 9.72. The first kappa shape index (κ1) is 21.4. The number of nitrogens with zero attached hydrogens (tertiary/aromatic N) is 2. The Morgan fingerprint density at radius 2 is 1.89 bits per heavy atom. The average Bonchev–Trinajstić information content (AvgIpc) is 2.62. The maximum absolute atomic E-state index is 12.9. The number of amides is 1. The molecule has 0 aliphatic heterocycles. The van der Waals surface area contributed by atoms with Gasteiger partial charge in [-0.2, -0.15) is 0 Å². The van der Waals surface area contributed by atoms with E-state index in [1.807, 2.05) is 32.0 Å². The molecule has 2 aromatic carbocycles. The van der Waals surface area contributed by atoms with Gasteiger partial charge in [-0.05, 0) is 37.5 Å². The SMILES string of the molecule is CCc1cccc(C)c1NC(=O)C(C)N(c1cccc([N+](=O)[O-])c1)S(C)(=O)=O. The van der Waals surface area contributed by atoms with Crippen molar-refractivity contribution in [3.05, 3.63) is 63.7 Å². The summed E-state index contributed by atoms with van der Waals surface area (Å²) in [4.78, 5) is 23.3. The Kier molecular flexibility index (Phi) is 6.40. The molecule has 1 N–H and O–H groups in total. The molecule has 0 aromatic heterocycles. The fourth-order valence-electron chi connectivity index (χ4n) is 2.98. The Morgan fingerprint density at radius 3 is 2.46 bits per heavy atom. The van der Waals surface area contributed by atoms with E-state index < -0.39 is 26.9 Å². The van der Waals surface area contributed by atoms with Crippen LogP contribution in [0.15, 0.2) is 42.5 Å². The van der Waals surface area contributed by atoms with Gasteiger partial charge >= 0.3 is 0 Å². The van der Waals surface area contributed by atoms with Gasteiger partial charge in [0.1, 0.15) is 6.04 Å². The zero-order valence-corrected chi connectivity index (χ0v) is 17.0. The Bertz CT molecular complexity index is 1000. The lowest BCUT2D eigenvalue weighted by Crippen LogP contribution is -2.45. The number of nitrogens with one attached hydrogen (secondary N) is 1. The number of benzene rings is 2. The highest BCUT2D eigenvalue weighted by atomic mass is 32.2. The number of nitro benzene ring substituents is 1. The monoisotopic (exact) mass is 405 g/mol. The van der Waals surface area contributed by atoms with Crippen molar-refractivity contribution >= 4 is 33.0 Å². The molecule has 0 saturated carbocycles. The van der Waals surface area contributed by atoms with Crippen LogP contribution in [-0.2, 0) is 21.2 Å². The van der Waals surface area contributed by atoms with Crippen molar-refractivity contribution in [1.82, 2.24) is 0 Å². The molecule has 0 radical (unpaired) electrons. The molecule has 1 unspecified atom stereocenters. The van der Waals surface area contributed by atoms with E-state index in [1.165, 1.54) is 25.1 Å². The zero-order valence-electron chi connectivity index (χ0n) is 16.2. The van der Waals surface area contributed by atoms with Gasteiger partial charge in [0, 0.05) is 17.8 Å². The smallest absolute Gasteiger partial charge is 0.271 e. The second-order valence-corrected chi connectivity index (χ2v) is 8.32. The molecule has 0 fully saturated rings. The minimum atomic E-state index is -3.87. The number of rotatable bonds is 7. The van der Waals surface area contributed by atoms with Gasteiger partial charge in [0.05, 0.1) is 16.9 Å². The van der Waals surface area contributed by atoms with E-state index in [0.29, 0.717) is 12.1 Å². The average molecular weight is 405 g/mol. The lowest BCUT2D eigenvalue weighted by atomic mass is 10.1. The van der Waals surface area contributed by atoms with Crippen LogP contribution in [0.2, 0.25) is 0 Å². The van der Waals surface area contributed by atoms with Gasteiger partial charge in [-0.3, -0.25) is 19.2 Å². The largest absolute Gasteiger partial charge is 0.324 e. The lowest BCUT2D eigenvalue weighted by molar-refractivity contribution is -0.384. The second-order valence-electron chi connectivity index (χ2n) is 6.46. The number of non-ortho nitro benzene ring substituents is 1. The minimum absolute atomic E-state index is 0.0554. The Morgan fingerprint density at radius 1 is 1.25 bits per heavy atom. The van der Waals surface area contributed by atoms with Gasteiger partial charge in [-0.25, -0.2) is 8.42 Å². The van der Waals surface area contributed by atoms with Gasteiger partial charge in [0.2, 0.25) is 15.9 Å². The molecule has 1 amide bonds. The number of hydrogen-bond donors (Lipinski definition) is 1. The van der Waals surface area contributed by atoms with Crippen molar-refractivity contribution in [1.29, 1.82) is 0 Å². The third-order valence-corrected chi connectivity index (χ3v) is 5.61. The zero-order chi connectivity index (χ0) is 21.1. The van der Waals surface area contributed by atoms with Crippen molar-refractivity contribution < 1.29 is 18.1 Å². The summed E-state index contributed by atoms with van der Waals surface area (Å²) in [6.07, 6.45) is 1.66. The molecule has 28 heavy (non-hydrogen) atoms. The minimum Gasteiger partial charge on any atom is -0.324 e. The first-order valence-electron chi connectivity index (χ1n) is 8.69. The van der Waals surface area contributed by atoms with E-state index in [9.17, 15) is 23.3 Å². The van der Waals surface area contributed by atoms with Crippen molar-refractivity contribution in [2.24, 2.45) is 0 Å². The summed E-state index contributed by atoms with van der Waals surface area (Å²) < 4.78 is 25.6. The van der Waals surface area contributed by atoms with E-state index in [4.69, 9.17) is 0 Å². The Hall–Kier alpha value is -2.94. The van der Waals surface area contributed by atoms with E-state index in [0.717, 1.165) is 27.8 Å². The van der Waals surface area contributed by atoms with Crippen LogP contribution < -0.4 is 9.62 Å². The summed E-state index contributed by atoms with van der Waals surface area (Å²) in [5.41, 5.74) is 2.24. The van der Waals surface area contributed by atoms with Crippen molar-refractivity contribution in [3.63, 3.8) is 0 Å². The van der Waals surface area contributed by atoms with Crippen LogP contribution >= 0.6 is 0 Å². The quantitative estimate of drug-likeness (QED) is 0.562. The van der Waals surface area contributed by atoms with Gasteiger partial charge < -0.3 is 5.32 Å². The van der Waals surface area contributed by atoms with Crippen molar-refractivity contribution in [3.8, 4) is 0 Å². The third kappa shape index (κ3) is 4.66. The second kappa shape index (κ2) is 8.39. The first-order valence-corrected chi connectivity index (χ1v) is 10.5. The molecular formula is C19H23N3O5S. The van der Waals surface area contributed by atoms with Crippen LogP contribution in [0, 0.1) is 17.0 Å². The van der Waals surface area contributed by atoms with Crippen LogP contribution in [0.5, 0.6) is 0 Å². The number of anilines is 2. The number of hydrogen-bond acceptors (Lipinski definition) is 5. The van der Waals surface area contributed by atoms with Gasteiger partial charge in [0.15, 0.2) is 0 Å². The van der Waals surface area contributed by atoms with Crippen LogP contribution in [0.4, 0.5) is 17.1 Å². The number of para-hydroxylation sites is 1. The standard InChI is InChI=1S/C19H23N3O5S/c1-5-15-9-6-8-13(2)18(15)20-19(23)14(3)21(28(4,26)27)16-10-7-11-17(12-16)22(24)25/h6-12,14H,5H2,1-4H3,(H,20,23). The van der Waals surface area contributed by atoms with E-state index >= 15 is 0 Å². The Balaban J connectivity index is 2.42. The highest BCUT2D eigenvalue weighted by Crippen LogP contribution is 2.27. The summed E-state index contributed by atoms with van der Waals surface area (Å²) in [7, 11) is -3.87. The molecule has 0 bridgehead atoms. The van der Waals surface area contributed by atoms with E-state index in [-0.39, 0.29) is 11.4 Å². The number of nitro groups is 1. The van der Waals surface area contributed by atoms with E-state index in [2.05, 4.69) is 5.32 Å². The molecule has 1 atom stereocenters. The molecule has 0 heterocycles. The fraction of sp³-hybridized carbons (Fsp3) is 0.316.